The number of amides is 3. The summed E-state index contributed by atoms with van der Waals surface area (Å²) < 4.78 is 11.2. The predicted octanol–water partition coefficient (Wildman–Crippen LogP) is 5.60. The Morgan fingerprint density at radius 3 is 2.10 bits per heavy atom. The van der Waals surface area contributed by atoms with E-state index in [0.717, 1.165) is 27.8 Å². The van der Waals surface area contributed by atoms with E-state index in [-0.39, 0.29) is 50.9 Å². The smallest absolute Gasteiger partial charge is 0.407 e. The lowest BCUT2D eigenvalue weighted by Crippen LogP contribution is -2.51. The van der Waals surface area contributed by atoms with Crippen LogP contribution in [0.3, 0.4) is 0 Å². The number of esters is 1. The summed E-state index contributed by atoms with van der Waals surface area (Å²) in [4.78, 5) is 52.4. The standard InChI is InChI=1S/C41H49N3O7/c1-5-7-22-36(43-40(49)50-26-35-33-20-13-11-18-31(33)32-19-12-14-21-34(32)35)39(48)51-27-41(3,4)44-38(47)29(15-6-2)24-37(46)42-30(25-45)23-28-16-9-8-10-17-28/h5-6,8-14,16-21,29-30,35-36,45H,1-2,7,15,22-27H2,3-4H3,(H,42,46)(H,43,49)(H,44,47)/t29-,30-,36-/m0/s1. The molecule has 0 radical (unpaired) electrons. The van der Waals surface area contributed by atoms with Crippen LogP contribution in [0.5, 0.6) is 0 Å². The van der Waals surface area contributed by atoms with E-state index in [1.54, 1.807) is 26.0 Å². The minimum absolute atomic E-state index is 0.0970. The molecule has 3 atom stereocenters. The third kappa shape index (κ3) is 11.1. The topological polar surface area (TPSA) is 143 Å². The van der Waals surface area contributed by atoms with Crippen molar-refractivity contribution >= 4 is 23.9 Å². The van der Waals surface area contributed by atoms with E-state index >= 15 is 0 Å². The molecule has 3 aromatic rings. The maximum Gasteiger partial charge on any atom is 0.407 e. The molecule has 0 bridgehead atoms. The average molecular weight is 696 g/mol. The summed E-state index contributed by atoms with van der Waals surface area (Å²) in [5.74, 6) is -2.32. The third-order valence-electron chi connectivity index (χ3n) is 8.78. The Labute approximate surface area is 300 Å². The number of fused-ring (bicyclic) bond motifs is 3. The second kappa shape index (κ2) is 18.7. The average Bonchev–Trinajstić information content (AvgIpc) is 3.44. The molecular weight excluding hydrogens is 646 g/mol. The molecule has 270 valence electrons. The van der Waals surface area contributed by atoms with Gasteiger partial charge < -0.3 is 30.5 Å². The van der Waals surface area contributed by atoms with Crippen molar-refractivity contribution in [1.82, 2.24) is 16.0 Å². The Kier molecular flexibility index (Phi) is 14.1. The molecule has 0 aromatic heterocycles. The number of aliphatic hydroxyl groups excluding tert-OH is 1. The molecule has 10 nitrogen and oxygen atoms in total. The number of alkyl carbamates (subject to hydrolysis) is 1. The van der Waals surface area contributed by atoms with Gasteiger partial charge in [-0.15, -0.1) is 13.2 Å². The zero-order chi connectivity index (χ0) is 36.8. The fourth-order valence-electron chi connectivity index (χ4n) is 6.19. The number of hydrogen-bond donors (Lipinski definition) is 4. The van der Waals surface area contributed by atoms with Crippen LogP contribution in [0.15, 0.2) is 104 Å². The van der Waals surface area contributed by atoms with Crippen molar-refractivity contribution in [3.63, 3.8) is 0 Å². The molecule has 10 heteroatoms. The van der Waals surface area contributed by atoms with E-state index in [1.807, 2.05) is 66.7 Å². The molecule has 0 fully saturated rings. The molecule has 4 rings (SSSR count). The van der Waals surface area contributed by atoms with Crippen LogP contribution < -0.4 is 16.0 Å². The highest BCUT2D eigenvalue weighted by atomic mass is 16.6. The van der Waals surface area contributed by atoms with Crippen LogP contribution in [0.1, 0.15) is 62.1 Å². The van der Waals surface area contributed by atoms with Crippen LogP contribution in [0.25, 0.3) is 11.1 Å². The summed E-state index contributed by atoms with van der Waals surface area (Å²) in [6.45, 7) is 10.5. The summed E-state index contributed by atoms with van der Waals surface area (Å²) >= 11 is 0. The van der Waals surface area contributed by atoms with Crippen molar-refractivity contribution in [2.75, 3.05) is 19.8 Å². The molecule has 4 N–H and O–H groups in total. The van der Waals surface area contributed by atoms with Gasteiger partial charge in [0.1, 0.15) is 19.3 Å². The lowest BCUT2D eigenvalue weighted by molar-refractivity contribution is -0.149. The van der Waals surface area contributed by atoms with Crippen molar-refractivity contribution in [2.45, 2.75) is 69.5 Å². The highest BCUT2D eigenvalue weighted by molar-refractivity contribution is 5.86. The molecule has 3 amide bonds. The minimum atomic E-state index is -1.00. The van der Waals surface area contributed by atoms with Crippen molar-refractivity contribution in [1.29, 1.82) is 0 Å². The first-order valence-electron chi connectivity index (χ1n) is 17.3. The van der Waals surface area contributed by atoms with Gasteiger partial charge in [-0.1, -0.05) is 91.0 Å². The first-order chi connectivity index (χ1) is 24.5. The number of aliphatic hydroxyl groups is 1. The minimum Gasteiger partial charge on any atom is -0.462 e. The zero-order valence-corrected chi connectivity index (χ0v) is 29.4. The SMILES string of the molecule is C=CCC[C@H](NC(=O)OCC1c2ccccc2-c2ccccc21)C(=O)OCC(C)(C)NC(=O)[C@@H](CC=C)CC(=O)N[C@H](CO)Cc1ccccc1. The molecule has 0 saturated carbocycles. The number of nitrogens with one attached hydrogen (secondary N) is 3. The molecule has 1 aliphatic rings. The van der Waals surface area contributed by atoms with E-state index in [9.17, 15) is 24.3 Å². The van der Waals surface area contributed by atoms with E-state index in [1.165, 1.54) is 0 Å². The number of carbonyl (C=O) groups excluding carboxylic acids is 4. The van der Waals surface area contributed by atoms with Gasteiger partial charge in [0, 0.05) is 12.3 Å². The number of rotatable bonds is 19. The number of ether oxygens (including phenoxy) is 2. The molecule has 0 aliphatic heterocycles. The van der Waals surface area contributed by atoms with Crippen molar-refractivity contribution in [2.24, 2.45) is 5.92 Å². The highest BCUT2D eigenvalue weighted by Crippen LogP contribution is 2.44. The normalized spacial score (nSPS) is 13.8. The van der Waals surface area contributed by atoms with E-state index in [2.05, 4.69) is 41.2 Å². The fraction of sp³-hybridized carbons (Fsp3) is 0.366. The van der Waals surface area contributed by atoms with Crippen LogP contribution in [-0.4, -0.2) is 66.4 Å². The van der Waals surface area contributed by atoms with Crippen LogP contribution >= 0.6 is 0 Å². The van der Waals surface area contributed by atoms with Crippen LogP contribution in [-0.2, 0) is 30.3 Å². The van der Waals surface area contributed by atoms with Gasteiger partial charge in [-0.05, 0) is 67.3 Å². The maximum atomic E-state index is 13.3. The highest BCUT2D eigenvalue weighted by Gasteiger charge is 2.32. The Balaban J connectivity index is 1.29. The molecule has 3 aromatic carbocycles. The molecule has 51 heavy (non-hydrogen) atoms. The first kappa shape index (κ1) is 38.6. The van der Waals surface area contributed by atoms with Gasteiger partial charge in [-0.3, -0.25) is 9.59 Å². The van der Waals surface area contributed by atoms with Gasteiger partial charge in [-0.2, -0.15) is 0 Å². The maximum absolute atomic E-state index is 13.3. The molecule has 0 unspecified atom stereocenters. The number of carbonyl (C=O) groups is 4. The van der Waals surface area contributed by atoms with Gasteiger partial charge in [0.15, 0.2) is 0 Å². The Hall–Kier alpha value is -5.22. The lowest BCUT2D eigenvalue weighted by atomic mass is 9.97. The van der Waals surface area contributed by atoms with E-state index < -0.39 is 41.5 Å². The number of allylic oxidation sites excluding steroid dienone is 2. The summed E-state index contributed by atoms with van der Waals surface area (Å²) in [5.41, 5.74) is 4.33. The molecule has 0 heterocycles. The Bertz CT molecular complexity index is 1630. The number of benzene rings is 3. The summed E-state index contributed by atoms with van der Waals surface area (Å²) in [7, 11) is 0. The van der Waals surface area contributed by atoms with Gasteiger partial charge in [-0.25, -0.2) is 9.59 Å². The van der Waals surface area contributed by atoms with Gasteiger partial charge in [0.2, 0.25) is 11.8 Å². The van der Waals surface area contributed by atoms with Crippen molar-refractivity contribution < 1.29 is 33.8 Å². The zero-order valence-electron chi connectivity index (χ0n) is 29.4. The molecule has 1 aliphatic carbocycles. The van der Waals surface area contributed by atoms with Crippen LogP contribution in [0.2, 0.25) is 0 Å². The quantitative estimate of drug-likeness (QED) is 0.0945. The Morgan fingerprint density at radius 2 is 1.49 bits per heavy atom. The van der Waals surface area contributed by atoms with Crippen molar-refractivity contribution in [3.05, 3.63) is 121 Å². The van der Waals surface area contributed by atoms with E-state index in [0.29, 0.717) is 12.8 Å². The fourth-order valence-corrected chi connectivity index (χ4v) is 6.19. The largest absolute Gasteiger partial charge is 0.462 e. The monoisotopic (exact) mass is 695 g/mol. The second-order valence-corrected chi connectivity index (χ2v) is 13.4. The van der Waals surface area contributed by atoms with Crippen LogP contribution in [0, 0.1) is 5.92 Å². The second-order valence-electron chi connectivity index (χ2n) is 13.4. The van der Waals surface area contributed by atoms with Crippen molar-refractivity contribution in [3.8, 4) is 11.1 Å². The number of hydrogen-bond acceptors (Lipinski definition) is 7. The summed E-state index contributed by atoms with van der Waals surface area (Å²) in [5, 5.41) is 18.2. The van der Waals surface area contributed by atoms with E-state index in [4.69, 9.17) is 9.47 Å². The van der Waals surface area contributed by atoms with Crippen LogP contribution in [0.4, 0.5) is 4.79 Å². The predicted molar refractivity (Wildman–Crippen MR) is 197 cm³/mol. The first-order valence-corrected chi connectivity index (χ1v) is 17.3. The van der Waals surface area contributed by atoms with Gasteiger partial charge in [0.25, 0.3) is 0 Å². The Morgan fingerprint density at radius 1 is 0.863 bits per heavy atom. The lowest BCUT2D eigenvalue weighted by Gasteiger charge is -2.29. The molecule has 0 spiro atoms. The summed E-state index contributed by atoms with van der Waals surface area (Å²) in [6.07, 6.45) is 3.73. The third-order valence-corrected chi connectivity index (χ3v) is 8.78. The molecular formula is C41H49N3O7. The summed E-state index contributed by atoms with van der Waals surface area (Å²) in [6, 6.07) is 24.0. The van der Waals surface area contributed by atoms with Gasteiger partial charge in [0.05, 0.1) is 24.1 Å². The van der Waals surface area contributed by atoms with Gasteiger partial charge >= 0.3 is 12.1 Å². The molecule has 0 saturated heterocycles.